The number of nitrogens with zero attached hydrogens (tertiary/aromatic N) is 2. The van der Waals surface area contributed by atoms with Crippen molar-refractivity contribution in [1.29, 1.82) is 0 Å². The van der Waals surface area contributed by atoms with Gasteiger partial charge in [0.2, 0.25) is 18.1 Å². The first-order valence-corrected chi connectivity index (χ1v) is 10.1. The number of Topliss-reactive ketones (excluding diaryl/α,β-unsaturated/α-hetero) is 1. The summed E-state index contributed by atoms with van der Waals surface area (Å²) in [6, 6.07) is -1.10. The monoisotopic (exact) mass is 479 g/mol. The molecule has 1 unspecified atom stereocenters. The van der Waals surface area contributed by atoms with Crippen LogP contribution in [0.5, 0.6) is 0 Å². The van der Waals surface area contributed by atoms with Crippen molar-refractivity contribution in [2.24, 2.45) is 5.16 Å². The van der Waals surface area contributed by atoms with Gasteiger partial charge in [-0.05, 0) is 11.6 Å². The smallest absolute Gasteiger partial charge is 0.352 e. The number of hydrogen-bond acceptors (Lipinski definition) is 9. The molecule has 0 spiro atoms. The molecule has 0 aromatic heterocycles. The third-order valence-electron chi connectivity index (χ3n) is 3.92. The number of rotatable bonds is 9. The Hall–Kier alpha value is -2.57. The molecule has 0 aromatic carbocycles. The molecule has 1 saturated heterocycles. The maximum Gasteiger partial charge on any atom is 0.352 e. The number of alkyl halides is 1. The molecule has 2 aliphatic rings. The molecule has 2 N–H and O–H groups in total. The number of carboxylic acids is 1. The molecule has 0 bridgehead atoms. The lowest BCUT2D eigenvalue weighted by atomic mass is 10.0. The Bertz CT molecular complexity index is 873. The van der Waals surface area contributed by atoms with Crippen LogP contribution in [0.1, 0.15) is 0 Å². The number of methoxy groups -OCH3 is 1. The van der Waals surface area contributed by atoms with Crippen molar-refractivity contribution in [3.8, 4) is 0 Å². The number of carboxylic acid groups (broad SMARTS) is 1. The van der Waals surface area contributed by atoms with E-state index in [0.29, 0.717) is 5.57 Å². The average Bonchev–Trinajstić information content (AvgIpc) is 2.73. The number of nitrogens with one attached hydrogen (secondary N) is 1. The lowest BCUT2D eigenvalue weighted by Gasteiger charge is -2.49. The number of ether oxygens (including phenoxy) is 1. The molecule has 11 nitrogen and oxygen atoms in total. The van der Waals surface area contributed by atoms with Crippen molar-refractivity contribution in [3.63, 3.8) is 0 Å². The molecule has 162 valence electrons. The summed E-state index contributed by atoms with van der Waals surface area (Å²) in [4.78, 5) is 65.1. The fourth-order valence-electron chi connectivity index (χ4n) is 2.55. The summed E-state index contributed by atoms with van der Waals surface area (Å²) in [6.07, 6.45) is 1.37. The molecule has 0 saturated carbocycles. The van der Waals surface area contributed by atoms with E-state index in [-0.39, 0.29) is 11.4 Å². The number of oxime groups is 1. The normalized spacial score (nSPS) is 21.1. The van der Waals surface area contributed by atoms with Crippen molar-refractivity contribution < 1.29 is 38.7 Å². The van der Waals surface area contributed by atoms with Crippen LogP contribution in [-0.2, 0) is 33.5 Å². The summed E-state index contributed by atoms with van der Waals surface area (Å²) in [5.74, 6) is -5.14. The van der Waals surface area contributed by atoms with Gasteiger partial charge in [0.1, 0.15) is 17.1 Å². The SMILES string of the molecule is COC(=O)CON=C(C(=O)CCl)C(=O)NC1C(=O)N2C(C(=O)O)=C(/C=C/Cl)CS[C@@H]12. The highest BCUT2D eigenvalue weighted by atomic mass is 35.5. The molecule has 1 fully saturated rings. The van der Waals surface area contributed by atoms with Crippen LogP contribution in [0.2, 0.25) is 0 Å². The van der Waals surface area contributed by atoms with E-state index in [9.17, 15) is 29.1 Å². The van der Waals surface area contributed by atoms with Crippen LogP contribution in [0, 0.1) is 0 Å². The third-order valence-corrected chi connectivity index (χ3v) is 5.59. The van der Waals surface area contributed by atoms with Crippen LogP contribution in [0.4, 0.5) is 0 Å². The van der Waals surface area contributed by atoms with E-state index in [2.05, 4.69) is 20.0 Å². The first kappa shape index (κ1) is 23.7. The van der Waals surface area contributed by atoms with Gasteiger partial charge < -0.3 is 20.0 Å². The van der Waals surface area contributed by atoms with Crippen LogP contribution in [0.25, 0.3) is 0 Å². The van der Waals surface area contributed by atoms with Gasteiger partial charge >= 0.3 is 11.9 Å². The van der Waals surface area contributed by atoms with Crippen LogP contribution in [0.15, 0.2) is 28.0 Å². The molecule has 30 heavy (non-hydrogen) atoms. The maximum atomic E-state index is 12.5. The van der Waals surface area contributed by atoms with Crippen LogP contribution in [0.3, 0.4) is 0 Å². The number of allylic oxidation sites excluding steroid dienone is 1. The second-order valence-corrected chi connectivity index (χ2v) is 7.30. The van der Waals surface area contributed by atoms with Gasteiger partial charge in [0.05, 0.1) is 13.0 Å². The van der Waals surface area contributed by atoms with Crippen LogP contribution < -0.4 is 5.32 Å². The highest BCUT2D eigenvalue weighted by molar-refractivity contribution is 8.00. The minimum absolute atomic E-state index is 0.232. The molecular weight excluding hydrogens is 465 g/mol. The van der Waals surface area contributed by atoms with Crippen molar-refractivity contribution in [1.82, 2.24) is 10.2 Å². The van der Waals surface area contributed by atoms with Crippen LogP contribution in [-0.4, -0.2) is 82.0 Å². The Morgan fingerprint density at radius 3 is 2.67 bits per heavy atom. The number of esters is 1. The van der Waals surface area contributed by atoms with Gasteiger partial charge in [0, 0.05) is 11.3 Å². The minimum atomic E-state index is -1.32. The molecule has 0 radical (unpaired) electrons. The van der Waals surface area contributed by atoms with E-state index in [0.717, 1.165) is 17.5 Å². The van der Waals surface area contributed by atoms with Gasteiger partial charge in [-0.1, -0.05) is 16.8 Å². The molecule has 0 aromatic rings. The fraction of sp³-hybridized carbons (Fsp3) is 0.375. The Morgan fingerprint density at radius 2 is 2.10 bits per heavy atom. The van der Waals surface area contributed by atoms with E-state index in [1.807, 2.05) is 0 Å². The Balaban J connectivity index is 2.16. The largest absolute Gasteiger partial charge is 0.477 e. The van der Waals surface area contributed by atoms with E-state index >= 15 is 0 Å². The zero-order chi connectivity index (χ0) is 22.4. The van der Waals surface area contributed by atoms with Crippen molar-refractivity contribution in [2.45, 2.75) is 11.4 Å². The zero-order valence-electron chi connectivity index (χ0n) is 15.3. The first-order valence-electron chi connectivity index (χ1n) is 8.11. The number of carbonyl (C=O) groups excluding carboxylic acids is 4. The summed E-state index contributed by atoms with van der Waals surface area (Å²) < 4.78 is 4.34. The highest BCUT2D eigenvalue weighted by Gasteiger charge is 2.54. The highest BCUT2D eigenvalue weighted by Crippen LogP contribution is 2.40. The molecule has 2 heterocycles. The summed E-state index contributed by atoms with van der Waals surface area (Å²) in [7, 11) is 1.11. The fourth-order valence-corrected chi connectivity index (χ4v) is 4.14. The van der Waals surface area contributed by atoms with Crippen molar-refractivity contribution in [2.75, 3.05) is 25.3 Å². The van der Waals surface area contributed by atoms with Gasteiger partial charge in [-0.15, -0.1) is 23.4 Å². The zero-order valence-corrected chi connectivity index (χ0v) is 17.6. The number of thioether (sulfide) groups is 1. The van der Waals surface area contributed by atoms with E-state index < -0.39 is 59.2 Å². The van der Waals surface area contributed by atoms with Crippen LogP contribution >= 0.6 is 35.0 Å². The summed E-state index contributed by atoms with van der Waals surface area (Å²) in [5, 5.41) is 14.4. The molecule has 2 amide bonds. The van der Waals surface area contributed by atoms with E-state index in [1.54, 1.807) is 0 Å². The molecule has 2 atom stereocenters. The van der Waals surface area contributed by atoms with E-state index in [4.69, 9.17) is 23.2 Å². The lowest BCUT2D eigenvalue weighted by molar-refractivity contribution is -0.150. The van der Waals surface area contributed by atoms with Gasteiger partial charge in [-0.25, -0.2) is 9.59 Å². The predicted octanol–water partition coefficient (Wildman–Crippen LogP) is -0.169. The number of hydrogen-bond donors (Lipinski definition) is 2. The summed E-state index contributed by atoms with van der Waals surface area (Å²) in [5.41, 5.74) is 0.490. The number of carbonyl (C=O) groups is 5. The standard InChI is InChI=1S/C16H15Cl2N3O8S/c1-28-9(23)5-29-20-10(8(22)4-18)13(24)19-11-14(25)21-12(16(26)27)7(2-3-17)6-30-15(11)21/h2-3,11,15H,4-6H2,1H3,(H,19,24)(H,26,27)/b3-2+,20-10?/t11?,15-/m0/s1. The number of amides is 2. The number of aliphatic carboxylic acids is 1. The third kappa shape index (κ3) is 4.94. The van der Waals surface area contributed by atoms with Gasteiger partial charge in [-0.3, -0.25) is 19.3 Å². The predicted molar refractivity (Wildman–Crippen MR) is 106 cm³/mol. The number of ketones is 1. The number of halogens is 2. The van der Waals surface area contributed by atoms with Gasteiger partial charge in [0.25, 0.3) is 11.8 Å². The lowest BCUT2D eigenvalue weighted by Crippen LogP contribution is -2.71. The molecule has 2 aliphatic heterocycles. The number of β-lactam (4-membered cyclic amide) rings is 1. The average molecular weight is 480 g/mol. The Kier molecular flexibility index (Phi) is 8.26. The van der Waals surface area contributed by atoms with Crippen molar-refractivity contribution >= 4 is 70.2 Å². The second-order valence-electron chi connectivity index (χ2n) is 5.68. The molecule has 2 rings (SSSR count). The van der Waals surface area contributed by atoms with Gasteiger partial charge in [-0.2, -0.15) is 0 Å². The quantitative estimate of drug-likeness (QED) is 0.114. The summed E-state index contributed by atoms with van der Waals surface area (Å²) in [6.45, 7) is -0.652. The first-order chi connectivity index (χ1) is 14.3. The van der Waals surface area contributed by atoms with E-state index in [1.165, 1.54) is 17.8 Å². The van der Waals surface area contributed by atoms with Crippen molar-refractivity contribution in [3.05, 3.63) is 22.9 Å². The molecular formula is C16H15Cl2N3O8S. The maximum absolute atomic E-state index is 12.5. The Morgan fingerprint density at radius 1 is 1.40 bits per heavy atom. The number of fused-ring (bicyclic) bond motifs is 1. The molecule has 0 aliphatic carbocycles. The Labute approximate surface area is 184 Å². The molecule has 14 heteroatoms. The topological polar surface area (TPSA) is 152 Å². The second kappa shape index (κ2) is 10.5. The minimum Gasteiger partial charge on any atom is -0.477 e. The summed E-state index contributed by atoms with van der Waals surface area (Å²) >= 11 is 12.2. The van der Waals surface area contributed by atoms with Gasteiger partial charge in [0.15, 0.2) is 0 Å².